The van der Waals surface area contributed by atoms with Gasteiger partial charge in [0.15, 0.2) is 5.69 Å². The van der Waals surface area contributed by atoms with E-state index in [2.05, 4.69) is 15.2 Å². The Bertz CT molecular complexity index is 947. The highest BCUT2D eigenvalue weighted by Gasteiger charge is 2.25. The molecular weight excluding hydrogens is 346 g/mol. The van der Waals surface area contributed by atoms with Gasteiger partial charge in [0.05, 0.1) is 25.1 Å². The third-order valence-electron chi connectivity index (χ3n) is 3.83. The van der Waals surface area contributed by atoms with E-state index in [-0.39, 0.29) is 23.7 Å². The summed E-state index contributed by atoms with van der Waals surface area (Å²) in [5.41, 5.74) is 1.87. The van der Waals surface area contributed by atoms with Crippen molar-refractivity contribution in [3.8, 4) is 22.9 Å². The molecule has 0 saturated heterocycles. The minimum atomic E-state index is -0.586. The summed E-state index contributed by atoms with van der Waals surface area (Å²) in [5.74, 6) is -0.150. The Balaban J connectivity index is 2.04. The van der Waals surface area contributed by atoms with Crippen LogP contribution in [0.15, 0.2) is 64.8 Å². The van der Waals surface area contributed by atoms with Gasteiger partial charge in [0.1, 0.15) is 11.3 Å². The molecule has 2 aromatic carbocycles. The number of carbonyl (C=O) groups excluding carboxylic acids is 1. The fourth-order valence-electron chi connectivity index (χ4n) is 2.55. The number of benzene rings is 2. The number of nitrogens with zero attached hydrogens (tertiary/aromatic N) is 2. The van der Waals surface area contributed by atoms with E-state index in [1.807, 2.05) is 30.3 Å². The van der Waals surface area contributed by atoms with Gasteiger partial charge in [-0.1, -0.05) is 30.3 Å². The van der Waals surface area contributed by atoms with Crippen molar-refractivity contribution in [1.29, 1.82) is 0 Å². The van der Waals surface area contributed by atoms with E-state index in [9.17, 15) is 9.90 Å². The fraction of sp³-hybridized carbons (Fsp3) is 0.150. The van der Waals surface area contributed by atoms with Crippen LogP contribution in [-0.4, -0.2) is 29.8 Å². The molecule has 0 unspecified atom stereocenters. The summed E-state index contributed by atoms with van der Waals surface area (Å²) in [5, 5.41) is 18.5. The topological polar surface area (TPSA) is 96.3 Å². The lowest BCUT2D eigenvalue weighted by atomic mass is 10.1. The maximum atomic E-state index is 12.5. The number of nitrogens with one attached hydrogen (secondary N) is 1. The molecule has 1 heterocycles. The fourth-order valence-corrected chi connectivity index (χ4v) is 2.55. The van der Waals surface area contributed by atoms with Gasteiger partial charge in [-0.05, 0) is 36.8 Å². The van der Waals surface area contributed by atoms with Crippen LogP contribution in [0.25, 0.3) is 11.3 Å². The first-order valence-corrected chi connectivity index (χ1v) is 8.37. The lowest BCUT2D eigenvalue weighted by Gasteiger charge is -2.04. The van der Waals surface area contributed by atoms with Crippen molar-refractivity contribution in [3.63, 3.8) is 0 Å². The summed E-state index contributed by atoms with van der Waals surface area (Å²) < 4.78 is 10.2. The molecule has 0 radical (unpaired) electrons. The molecule has 2 N–H and O–H groups in total. The molecule has 27 heavy (non-hydrogen) atoms. The monoisotopic (exact) mass is 365 g/mol. The molecule has 0 fully saturated rings. The van der Waals surface area contributed by atoms with Gasteiger partial charge in [0, 0.05) is 0 Å². The molecule has 0 atom stereocenters. The molecular formula is C20H19N3O4. The lowest BCUT2D eigenvalue weighted by molar-refractivity contribution is 0.0528. The van der Waals surface area contributed by atoms with Crippen molar-refractivity contribution in [2.45, 2.75) is 6.92 Å². The largest absolute Gasteiger partial charge is 0.497 e. The molecule has 0 aliphatic heterocycles. The van der Waals surface area contributed by atoms with E-state index in [4.69, 9.17) is 9.47 Å². The number of aromatic amines is 1. The van der Waals surface area contributed by atoms with E-state index < -0.39 is 5.97 Å². The van der Waals surface area contributed by atoms with E-state index in [0.29, 0.717) is 17.1 Å². The number of ether oxygens (including phenoxy) is 2. The highest BCUT2D eigenvalue weighted by atomic mass is 16.5. The molecule has 7 heteroatoms. The second-order valence-corrected chi connectivity index (χ2v) is 5.56. The van der Waals surface area contributed by atoms with E-state index in [0.717, 1.165) is 5.56 Å². The molecule has 7 nitrogen and oxygen atoms in total. The predicted octanol–water partition coefficient (Wildman–Crippen LogP) is 4.99. The molecule has 138 valence electrons. The number of hydrogen-bond donors (Lipinski definition) is 2. The van der Waals surface area contributed by atoms with Gasteiger partial charge < -0.3 is 19.6 Å². The van der Waals surface area contributed by atoms with Gasteiger partial charge in [0.2, 0.25) is 5.88 Å². The van der Waals surface area contributed by atoms with Crippen molar-refractivity contribution in [3.05, 3.63) is 60.2 Å². The Morgan fingerprint density at radius 3 is 2.41 bits per heavy atom. The first-order chi connectivity index (χ1) is 13.1. The molecule has 0 aliphatic carbocycles. The van der Waals surface area contributed by atoms with Gasteiger partial charge in [-0.15, -0.1) is 5.11 Å². The number of hydrogen-bond acceptors (Lipinski definition) is 6. The van der Waals surface area contributed by atoms with Gasteiger partial charge in [-0.25, -0.2) is 4.79 Å². The van der Waals surface area contributed by atoms with Crippen LogP contribution in [0.3, 0.4) is 0 Å². The van der Waals surface area contributed by atoms with Gasteiger partial charge in [-0.2, -0.15) is 5.11 Å². The molecule has 3 rings (SSSR count). The van der Waals surface area contributed by atoms with Gasteiger partial charge in [-0.3, -0.25) is 0 Å². The zero-order valence-corrected chi connectivity index (χ0v) is 15.0. The number of carbonyl (C=O) groups is 1. The molecule has 0 saturated carbocycles. The summed E-state index contributed by atoms with van der Waals surface area (Å²) in [7, 11) is 1.57. The summed E-state index contributed by atoms with van der Waals surface area (Å²) >= 11 is 0. The van der Waals surface area contributed by atoms with Gasteiger partial charge in [0.25, 0.3) is 0 Å². The number of aromatic nitrogens is 1. The van der Waals surface area contributed by atoms with Crippen LogP contribution in [0, 0.1) is 0 Å². The zero-order valence-electron chi connectivity index (χ0n) is 15.0. The van der Waals surface area contributed by atoms with Crippen LogP contribution in [0.4, 0.5) is 11.4 Å². The Morgan fingerprint density at radius 2 is 1.78 bits per heavy atom. The maximum absolute atomic E-state index is 12.5. The summed E-state index contributed by atoms with van der Waals surface area (Å²) in [6.07, 6.45) is 0. The standard InChI is InChI=1S/C20H19N3O4/c1-3-27-20(25)16-17(13-7-5-4-6-8-13)21-19(24)18(16)23-22-14-9-11-15(26-2)12-10-14/h4-12,21,24H,3H2,1-2H3. The second-order valence-electron chi connectivity index (χ2n) is 5.56. The Hall–Kier alpha value is -3.61. The molecule has 0 amide bonds. The number of esters is 1. The highest BCUT2D eigenvalue weighted by Crippen LogP contribution is 2.39. The van der Waals surface area contributed by atoms with Crippen molar-refractivity contribution in [1.82, 2.24) is 4.98 Å². The van der Waals surface area contributed by atoms with Crippen molar-refractivity contribution in [2.75, 3.05) is 13.7 Å². The molecule has 1 aromatic heterocycles. The van der Waals surface area contributed by atoms with Crippen molar-refractivity contribution in [2.24, 2.45) is 10.2 Å². The number of aromatic hydroxyl groups is 1. The van der Waals surface area contributed by atoms with E-state index in [1.54, 1.807) is 38.3 Å². The molecule has 0 aliphatic rings. The van der Waals surface area contributed by atoms with Crippen LogP contribution in [0.2, 0.25) is 0 Å². The first-order valence-electron chi connectivity index (χ1n) is 8.37. The Kier molecular flexibility index (Phi) is 5.51. The molecule has 0 bridgehead atoms. The third kappa shape index (κ3) is 3.98. The van der Waals surface area contributed by atoms with Crippen LogP contribution >= 0.6 is 0 Å². The first kappa shape index (κ1) is 18.2. The SMILES string of the molecule is CCOC(=O)c1c(-c2ccccc2)[nH]c(O)c1N=Nc1ccc(OC)cc1. The third-order valence-corrected chi connectivity index (χ3v) is 3.83. The minimum absolute atomic E-state index is 0.0307. The highest BCUT2D eigenvalue weighted by molar-refractivity contribution is 6.03. The Labute approximate surface area is 156 Å². The quantitative estimate of drug-likeness (QED) is 0.475. The normalized spacial score (nSPS) is 10.9. The zero-order chi connectivity index (χ0) is 19.2. The number of H-pyrrole nitrogens is 1. The van der Waals surface area contributed by atoms with E-state index >= 15 is 0 Å². The van der Waals surface area contributed by atoms with Crippen molar-refractivity contribution < 1.29 is 19.4 Å². The number of rotatable bonds is 6. The second kappa shape index (κ2) is 8.18. The smallest absolute Gasteiger partial charge is 0.342 e. The van der Waals surface area contributed by atoms with Crippen LogP contribution < -0.4 is 4.74 Å². The van der Waals surface area contributed by atoms with Crippen LogP contribution in [0.5, 0.6) is 11.6 Å². The average Bonchev–Trinajstić information content (AvgIpc) is 3.04. The summed E-state index contributed by atoms with van der Waals surface area (Å²) in [6, 6.07) is 16.1. The maximum Gasteiger partial charge on any atom is 0.342 e. The van der Waals surface area contributed by atoms with Crippen LogP contribution in [0.1, 0.15) is 17.3 Å². The summed E-state index contributed by atoms with van der Waals surface area (Å²) in [4.78, 5) is 15.3. The average molecular weight is 365 g/mol. The molecule has 3 aromatic rings. The predicted molar refractivity (Wildman–Crippen MR) is 101 cm³/mol. The number of azo groups is 1. The minimum Gasteiger partial charge on any atom is -0.497 e. The van der Waals surface area contributed by atoms with Gasteiger partial charge >= 0.3 is 5.97 Å². The summed E-state index contributed by atoms with van der Waals surface area (Å²) in [6.45, 7) is 1.92. The van der Waals surface area contributed by atoms with E-state index in [1.165, 1.54) is 0 Å². The van der Waals surface area contributed by atoms with Crippen LogP contribution in [-0.2, 0) is 4.74 Å². The Morgan fingerprint density at radius 1 is 1.07 bits per heavy atom. The lowest BCUT2D eigenvalue weighted by Crippen LogP contribution is -2.05. The molecule has 0 spiro atoms. The number of methoxy groups -OCH3 is 1. The van der Waals surface area contributed by atoms with Crippen molar-refractivity contribution >= 4 is 17.3 Å².